The Kier molecular flexibility index (Phi) is 4.85. The van der Waals surface area contributed by atoms with Gasteiger partial charge in [0.1, 0.15) is 27.3 Å². The summed E-state index contributed by atoms with van der Waals surface area (Å²) in [7, 11) is -2.98. The summed E-state index contributed by atoms with van der Waals surface area (Å²) in [5.74, 6) is 7.24. The van der Waals surface area contributed by atoms with Crippen molar-refractivity contribution >= 4 is 21.5 Å². The van der Waals surface area contributed by atoms with E-state index in [1.54, 1.807) is 6.07 Å². The first kappa shape index (κ1) is 14.7. The third kappa shape index (κ3) is 4.84. The van der Waals surface area contributed by atoms with Crippen molar-refractivity contribution in [3.8, 4) is 0 Å². The SMILES string of the molecule is CC(C)c1nc(NN)cc(NCCS(C)(=O)=O)n1. The molecule has 18 heavy (non-hydrogen) atoms. The number of rotatable bonds is 6. The van der Waals surface area contributed by atoms with Crippen molar-refractivity contribution in [1.82, 2.24) is 9.97 Å². The molecule has 0 aliphatic rings. The monoisotopic (exact) mass is 273 g/mol. The highest BCUT2D eigenvalue weighted by Gasteiger charge is 2.08. The van der Waals surface area contributed by atoms with Gasteiger partial charge in [0.05, 0.1) is 5.75 Å². The maximum atomic E-state index is 11.0. The summed E-state index contributed by atoms with van der Waals surface area (Å²) < 4.78 is 22.0. The molecule has 0 spiro atoms. The van der Waals surface area contributed by atoms with Crippen molar-refractivity contribution in [2.75, 3.05) is 29.3 Å². The number of sulfone groups is 1. The Morgan fingerprint density at radius 3 is 2.44 bits per heavy atom. The van der Waals surface area contributed by atoms with E-state index in [9.17, 15) is 8.42 Å². The van der Waals surface area contributed by atoms with Crippen molar-refractivity contribution in [3.05, 3.63) is 11.9 Å². The number of nitrogens with zero attached hydrogens (tertiary/aromatic N) is 2. The van der Waals surface area contributed by atoms with E-state index in [0.717, 1.165) is 0 Å². The van der Waals surface area contributed by atoms with E-state index in [4.69, 9.17) is 5.84 Å². The number of hydrazine groups is 1. The second-order valence-corrected chi connectivity index (χ2v) is 6.61. The van der Waals surface area contributed by atoms with Gasteiger partial charge in [-0.2, -0.15) is 0 Å². The van der Waals surface area contributed by atoms with Crippen LogP contribution in [0.3, 0.4) is 0 Å². The molecular weight excluding hydrogens is 254 g/mol. The Hall–Kier alpha value is -1.41. The van der Waals surface area contributed by atoms with E-state index in [-0.39, 0.29) is 11.7 Å². The van der Waals surface area contributed by atoms with Crippen LogP contribution in [0.2, 0.25) is 0 Å². The van der Waals surface area contributed by atoms with Gasteiger partial charge in [-0.3, -0.25) is 0 Å². The summed E-state index contributed by atoms with van der Waals surface area (Å²) in [5, 5.41) is 2.95. The van der Waals surface area contributed by atoms with Crippen LogP contribution in [0.15, 0.2) is 6.07 Å². The molecule has 102 valence electrons. The number of hydrogen-bond donors (Lipinski definition) is 3. The average Bonchev–Trinajstić information content (AvgIpc) is 2.26. The van der Waals surface area contributed by atoms with Crippen LogP contribution in [0.25, 0.3) is 0 Å². The van der Waals surface area contributed by atoms with Crippen LogP contribution in [0.1, 0.15) is 25.6 Å². The minimum Gasteiger partial charge on any atom is -0.369 e. The van der Waals surface area contributed by atoms with Crippen LogP contribution in [0.5, 0.6) is 0 Å². The van der Waals surface area contributed by atoms with Crippen LogP contribution >= 0.6 is 0 Å². The molecule has 1 rings (SSSR count). The molecule has 0 atom stereocenters. The molecule has 1 aromatic heterocycles. The first-order valence-electron chi connectivity index (χ1n) is 5.59. The summed E-state index contributed by atoms with van der Waals surface area (Å²) in [6.07, 6.45) is 1.20. The molecule has 0 aliphatic carbocycles. The molecule has 0 saturated heterocycles. The molecule has 0 aromatic carbocycles. The van der Waals surface area contributed by atoms with Crippen molar-refractivity contribution in [3.63, 3.8) is 0 Å². The molecule has 1 heterocycles. The standard InChI is InChI=1S/C10H19N5O2S/c1-7(2)10-13-8(6-9(14-10)15-11)12-4-5-18(3,16)17/h6-7H,4-5,11H2,1-3H3,(H2,12,13,14,15). The maximum Gasteiger partial charge on any atom is 0.149 e. The van der Waals surface area contributed by atoms with Crippen LogP contribution < -0.4 is 16.6 Å². The number of nitrogens with one attached hydrogen (secondary N) is 2. The Balaban J connectivity index is 2.78. The highest BCUT2D eigenvalue weighted by Crippen LogP contribution is 2.16. The fourth-order valence-electron chi connectivity index (χ4n) is 1.25. The lowest BCUT2D eigenvalue weighted by molar-refractivity contribution is 0.602. The molecule has 4 N–H and O–H groups in total. The average molecular weight is 273 g/mol. The lowest BCUT2D eigenvalue weighted by Gasteiger charge is -2.11. The summed E-state index contributed by atoms with van der Waals surface area (Å²) in [6.45, 7) is 4.24. The molecule has 0 amide bonds. The van der Waals surface area contributed by atoms with E-state index in [1.165, 1.54) is 6.26 Å². The van der Waals surface area contributed by atoms with Gasteiger partial charge >= 0.3 is 0 Å². The van der Waals surface area contributed by atoms with E-state index >= 15 is 0 Å². The van der Waals surface area contributed by atoms with Gasteiger partial charge in [0.15, 0.2) is 0 Å². The van der Waals surface area contributed by atoms with E-state index in [1.807, 2.05) is 13.8 Å². The third-order valence-electron chi connectivity index (χ3n) is 2.19. The zero-order chi connectivity index (χ0) is 13.8. The molecule has 1 aromatic rings. The molecule has 8 heteroatoms. The van der Waals surface area contributed by atoms with E-state index in [0.29, 0.717) is 24.0 Å². The Morgan fingerprint density at radius 1 is 1.33 bits per heavy atom. The van der Waals surface area contributed by atoms with Gasteiger partial charge in [-0.15, -0.1) is 0 Å². The van der Waals surface area contributed by atoms with Gasteiger partial charge in [-0.1, -0.05) is 13.8 Å². The predicted octanol–water partition coefficient (Wildman–Crippen LogP) is 0.342. The molecule has 0 unspecified atom stereocenters. The normalized spacial score (nSPS) is 11.6. The topological polar surface area (TPSA) is 110 Å². The van der Waals surface area contributed by atoms with Gasteiger partial charge in [-0.25, -0.2) is 24.2 Å². The number of nitrogen functional groups attached to an aromatic ring is 1. The van der Waals surface area contributed by atoms with Crippen molar-refractivity contribution in [2.24, 2.45) is 5.84 Å². The summed E-state index contributed by atoms with van der Waals surface area (Å²) in [4.78, 5) is 8.49. The van der Waals surface area contributed by atoms with Gasteiger partial charge in [0.2, 0.25) is 0 Å². The third-order valence-corrected chi connectivity index (χ3v) is 3.13. The van der Waals surface area contributed by atoms with Gasteiger partial charge < -0.3 is 10.7 Å². The van der Waals surface area contributed by atoms with E-state index in [2.05, 4.69) is 20.7 Å². The van der Waals surface area contributed by atoms with Crippen LogP contribution in [-0.4, -0.2) is 36.9 Å². The lowest BCUT2D eigenvalue weighted by Crippen LogP contribution is -2.17. The zero-order valence-corrected chi connectivity index (χ0v) is 11.6. The zero-order valence-electron chi connectivity index (χ0n) is 10.8. The Labute approximate surface area is 107 Å². The minimum atomic E-state index is -2.98. The smallest absolute Gasteiger partial charge is 0.149 e. The number of hydrogen-bond acceptors (Lipinski definition) is 7. The number of anilines is 2. The van der Waals surface area contributed by atoms with Crippen LogP contribution in [-0.2, 0) is 9.84 Å². The lowest BCUT2D eigenvalue weighted by atomic mass is 10.2. The molecular formula is C10H19N5O2S. The number of aromatic nitrogens is 2. The fourth-order valence-corrected chi connectivity index (χ4v) is 1.73. The largest absolute Gasteiger partial charge is 0.369 e. The second-order valence-electron chi connectivity index (χ2n) is 4.35. The summed E-state index contributed by atoms with van der Waals surface area (Å²) in [6, 6.07) is 1.63. The van der Waals surface area contributed by atoms with Gasteiger partial charge in [-0.05, 0) is 0 Å². The molecule has 0 saturated carbocycles. The summed E-state index contributed by atoms with van der Waals surface area (Å²) >= 11 is 0. The predicted molar refractivity (Wildman–Crippen MR) is 72.1 cm³/mol. The van der Waals surface area contributed by atoms with Crippen LogP contribution in [0, 0.1) is 0 Å². The molecule has 0 fully saturated rings. The quantitative estimate of drug-likeness (QED) is 0.506. The molecule has 0 aliphatic heterocycles. The molecule has 0 radical (unpaired) electrons. The van der Waals surface area contributed by atoms with E-state index < -0.39 is 9.84 Å². The highest BCUT2D eigenvalue weighted by molar-refractivity contribution is 7.90. The van der Waals surface area contributed by atoms with Gasteiger partial charge in [0, 0.05) is 24.8 Å². The van der Waals surface area contributed by atoms with Crippen molar-refractivity contribution in [2.45, 2.75) is 19.8 Å². The van der Waals surface area contributed by atoms with Crippen LogP contribution in [0.4, 0.5) is 11.6 Å². The van der Waals surface area contributed by atoms with Crippen molar-refractivity contribution < 1.29 is 8.42 Å². The minimum absolute atomic E-state index is 0.0550. The second kappa shape index (κ2) is 5.96. The van der Waals surface area contributed by atoms with Gasteiger partial charge in [0.25, 0.3) is 0 Å². The number of nitrogens with two attached hydrogens (primary N) is 1. The Morgan fingerprint density at radius 2 is 1.94 bits per heavy atom. The fraction of sp³-hybridized carbons (Fsp3) is 0.600. The highest BCUT2D eigenvalue weighted by atomic mass is 32.2. The summed E-state index contributed by atoms with van der Waals surface area (Å²) in [5.41, 5.74) is 2.46. The molecule has 0 bridgehead atoms. The molecule has 7 nitrogen and oxygen atoms in total. The maximum absolute atomic E-state index is 11.0. The first-order valence-corrected chi connectivity index (χ1v) is 7.65. The van der Waals surface area contributed by atoms with Crippen molar-refractivity contribution in [1.29, 1.82) is 0 Å². The Bertz CT molecular complexity index is 501. The first-order chi connectivity index (χ1) is 8.31.